The third-order valence-electron chi connectivity index (χ3n) is 3.64. The molecule has 1 aromatic carbocycles. The minimum Gasteiger partial charge on any atom is -0.354 e. The Labute approximate surface area is 144 Å². The van der Waals surface area contributed by atoms with Crippen molar-refractivity contribution in [2.24, 2.45) is 0 Å². The predicted octanol–water partition coefficient (Wildman–Crippen LogP) is 1.12. The van der Waals surface area contributed by atoms with Crippen LogP contribution < -0.4 is 16.2 Å². The zero-order chi connectivity index (χ0) is 17.6. The van der Waals surface area contributed by atoms with E-state index in [1.807, 2.05) is 24.3 Å². The first-order valence-corrected chi connectivity index (χ1v) is 8.12. The molecule has 0 atom stereocenters. The average molecular weight is 340 g/mol. The third kappa shape index (κ3) is 4.66. The fourth-order valence-corrected chi connectivity index (χ4v) is 2.49. The molecule has 0 saturated carbocycles. The molecule has 0 aliphatic carbocycles. The average Bonchev–Trinajstić information content (AvgIpc) is 2.99. The number of anilines is 1. The largest absolute Gasteiger partial charge is 0.354 e. The summed E-state index contributed by atoms with van der Waals surface area (Å²) in [6.07, 6.45) is 0.917. The molecule has 0 fully saturated rings. The summed E-state index contributed by atoms with van der Waals surface area (Å²) in [5, 5.41) is 5.80. The number of hydrogen-bond acceptors (Lipinski definition) is 5. The van der Waals surface area contributed by atoms with Crippen molar-refractivity contribution in [3.63, 3.8) is 0 Å². The van der Waals surface area contributed by atoms with Crippen molar-refractivity contribution < 1.29 is 4.79 Å². The molecule has 2 aromatic heterocycles. The van der Waals surface area contributed by atoms with E-state index in [2.05, 4.69) is 30.6 Å². The Bertz CT molecular complexity index is 897. The van der Waals surface area contributed by atoms with E-state index >= 15 is 0 Å². The summed E-state index contributed by atoms with van der Waals surface area (Å²) in [5.41, 5.74) is 2.31. The molecule has 25 heavy (non-hydrogen) atoms. The van der Waals surface area contributed by atoms with Crippen LogP contribution in [-0.2, 0) is 11.2 Å². The standard InChI is InChI=1S/C17H20N6O2/c1-11-10-16(25)23-17(20-11)19-9-8-18-15(24)7-6-14-21-12-4-2-3-5-13(12)22-14/h2-5,10H,6-9H2,1H3,(H,18,24)(H,21,22)(H2,19,20,23,25). The van der Waals surface area contributed by atoms with Gasteiger partial charge in [-0.3, -0.25) is 14.6 Å². The fraction of sp³-hybridized carbons (Fsp3) is 0.294. The maximum absolute atomic E-state index is 11.9. The highest BCUT2D eigenvalue weighted by Crippen LogP contribution is 2.11. The molecule has 4 N–H and O–H groups in total. The number of H-pyrrole nitrogens is 2. The number of benzene rings is 1. The molecule has 3 rings (SSSR count). The number of carbonyl (C=O) groups excluding carboxylic acids is 1. The molecule has 0 radical (unpaired) electrons. The summed E-state index contributed by atoms with van der Waals surface area (Å²) in [6, 6.07) is 9.19. The van der Waals surface area contributed by atoms with Crippen molar-refractivity contribution >= 4 is 22.9 Å². The van der Waals surface area contributed by atoms with Crippen LogP contribution in [0.15, 0.2) is 35.1 Å². The Morgan fingerprint density at radius 1 is 1.16 bits per heavy atom. The summed E-state index contributed by atoms with van der Waals surface area (Å²) >= 11 is 0. The Kier molecular flexibility index (Phi) is 5.08. The predicted molar refractivity (Wildman–Crippen MR) is 95.5 cm³/mol. The lowest BCUT2D eigenvalue weighted by Crippen LogP contribution is -2.29. The Hall–Kier alpha value is -3.16. The molecule has 0 aliphatic rings. The first-order chi connectivity index (χ1) is 12.1. The van der Waals surface area contributed by atoms with Crippen molar-refractivity contribution in [3.05, 3.63) is 52.2 Å². The minimum absolute atomic E-state index is 0.0482. The van der Waals surface area contributed by atoms with Gasteiger partial charge in [0.15, 0.2) is 0 Å². The van der Waals surface area contributed by atoms with Crippen LogP contribution in [0.1, 0.15) is 17.9 Å². The number of amides is 1. The maximum Gasteiger partial charge on any atom is 0.252 e. The molecular weight excluding hydrogens is 320 g/mol. The van der Waals surface area contributed by atoms with Gasteiger partial charge in [0.1, 0.15) is 5.82 Å². The van der Waals surface area contributed by atoms with Crippen LogP contribution in [0, 0.1) is 6.92 Å². The molecule has 2 heterocycles. The summed E-state index contributed by atoms with van der Waals surface area (Å²) in [6.45, 7) is 2.67. The first-order valence-electron chi connectivity index (χ1n) is 8.12. The smallest absolute Gasteiger partial charge is 0.252 e. The van der Waals surface area contributed by atoms with E-state index in [9.17, 15) is 9.59 Å². The first kappa shape index (κ1) is 16.7. The van der Waals surface area contributed by atoms with E-state index in [1.165, 1.54) is 6.07 Å². The van der Waals surface area contributed by atoms with Crippen LogP contribution in [0.4, 0.5) is 5.95 Å². The van der Waals surface area contributed by atoms with Crippen LogP contribution in [0.3, 0.4) is 0 Å². The topological polar surface area (TPSA) is 116 Å². The molecule has 0 bridgehead atoms. The van der Waals surface area contributed by atoms with Gasteiger partial charge in [0.2, 0.25) is 11.9 Å². The van der Waals surface area contributed by atoms with Crippen LogP contribution in [0.25, 0.3) is 11.0 Å². The van der Waals surface area contributed by atoms with Gasteiger partial charge in [-0.15, -0.1) is 0 Å². The van der Waals surface area contributed by atoms with E-state index in [4.69, 9.17) is 0 Å². The molecule has 8 nitrogen and oxygen atoms in total. The second-order valence-corrected chi connectivity index (χ2v) is 5.71. The third-order valence-corrected chi connectivity index (χ3v) is 3.64. The van der Waals surface area contributed by atoms with E-state index in [1.54, 1.807) is 6.92 Å². The highest BCUT2D eigenvalue weighted by Gasteiger charge is 2.06. The van der Waals surface area contributed by atoms with Gasteiger partial charge in [0.25, 0.3) is 5.56 Å². The number of hydrogen-bond donors (Lipinski definition) is 4. The molecule has 8 heteroatoms. The SMILES string of the molecule is Cc1cc(=O)[nH]c(NCCNC(=O)CCc2nc3ccccc3[nH]2)n1. The molecule has 3 aromatic rings. The second kappa shape index (κ2) is 7.61. The number of aromatic amines is 2. The molecular formula is C17H20N6O2. The van der Waals surface area contributed by atoms with Crippen molar-refractivity contribution in [2.75, 3.05) is 18.4 Å². The molecule has 1 amide bonds. The molecule has 130 valence electrons. The minimum atomic E-state index is -0.204. The Morgan fingerprint density at radius 3 is 2.80 bits per heavy atom. The summed E-state index contributed by atoms with van der Waals surface area (Å²) in [5.74, 6) is 1.16. The zero-order valence-electron chi connectivity index (χ0n) is 13.9. The van der Waals surface area contributed by atoms with Gasteiger partial charge < -0.3 is 15.6 Å². The van der Waals surface area contributed by atoms with Crippen molar-refractivity contribution in [1.29, 1.82) is 0 Å². The normalized spacial score (nSPS) is 10.8. The van der Waals surface area contributed by atoms with Gasteiger partial charge >= 0.3 is 0 Å². The number of imidazole rings is 1. The summed E-state index contributed by atoms with van der Waals surface area (Å²) in [4.78, 5) is 37.6. The van der Waals surface area contributed by atoms with Gasteiger partial charge in [0.05, 0.1) is 11.0 Å². The van der Waals surface area contributed by atoms with E-state index < -0.39 is 0 Å². The van der Waals surface area contributed by atoms with Crippen LogP contribution in [0.5, 0.6) is 0 Å². The van der Waals surface area contributed by atoms with Crippen LogP contribution >= 0.6 is 0 Å². The lowest BCUT2D eigenvalue weighted by Gasteiger charge is -2.07. The summed E-state index contributed by atoms with van der Waals surface area (Å²) in [7, 11) is 0. The Balaban J connectivity index is 1.40. The van der Waals surface area contributed by atoms with Gasteiger partial charge in [-0.1, -0.05) is 12.1 Å². The van der Waals surface area contributed by atoms with Crippen LogP contribution in [0.2, 0.25) is 0 Å². The fourth-order valence-electron chi connectivity index (χ4n) is 2.49. The number of fused-ring (bicyclic) bond motifs is 1. The van der Waals surface area contributed by atoms with Crippen molar-refractivity contribution in [1.82, 2.24) is 25.3 Å². The van der Waals surface area contributed by atoms with Gasteiger partial charge in [-0.25, -0.2) is 9.97 Å². The molecule has 0 aliphatic heterocycles. The van der Waals surface area contributed by atoms with E-state index in [-0.39, 0.29) is 11.5 Å². The van der Waals surface area contributed by atoms with Gasteiger partial charge in [-0.2, -0.15) is 0 Å². The number of aromatic nitrogens is 4. The van der Waals surface area contributed by atoms with Crippen LogP contribution in [-0.4, -0.2) is 38.9 Å². The quantitative estimate of drug-likeness (QED) is 0.481. The second-order valence-electron chi connectivity index (χ2n) is 5.71. The number of carbonyl (C=O) groups is 1. The monoisotopic (exact) mass is 340 g/mol. The van der Waals surface area contributed by atoms with Gasteiger partial charge in [0, 0.05) is 37.7 Å². The number of nitrogens with one attached hydrogen (secondary N) is 4. The number of nitrogens with zero attached hydrogens (tertiary/aromatic N) is 2. The number of para-hydroxylation sites is 2. The number of aryl methyl sites for hydroxylation is 2. The zero-order valence-corrected chi connectivity index (χ0v) is 13.9. The highest BCUT2D eigenvalue weighted by atomic mass is 16.1. The van der Waals surface area contributed by atoms with Crippen molar-refractivity contribution in [2.45, 2.75) is 19.8 Å². The summed E-state index contributed by atoms with van der Waals surface area (Å²) < 4.78 is 0. The lowest BCUT2D eigenvalue weighted by molar-refractivity contribution is -0.121. The van der Waals surface area contributed by atoms with Crippen molar-refractivity contribution in [3.8, 4) is 0 Å². The molecule has 0 unspecified atom stereocenters. The maximum atomic E-state index is 11.9. The lowest BCUT2D eigenvalue weighted by atomic mass is 10.3. The van der Waals surface area contributed by atoms with Gasteiger partial charge in [-0.05, 0) is 19.1 Å². The molecule has 0 spiro atoms. The molecule has 0 saturated heterocycles. The van der Waals surface area contributed by atoms with E-state index in [0.717, 1.165) is 16.9 Å². The van der Waals surface area contributed by atoms with E-state index in [0.29, 0.717) is 37.6 Å². The number of rotatable bonds is 7. The highest BCUT2D eigenvalue weighted by molar-refractivity contribution is 5.77. The Morgan fingerprint density at radius 2 is 2.00 bits per heavy atom.